The van der Waals surface area contributed by atoms with Gasteiger partial charge in [0.05, 0.1) is 23.4 Å². The summed E-state index contributed by atoms with van der Waals surface area (Å²) in [4.78, 5) is 21.1. The number of carbonyl (C=O) groups excluding carboxylic acids is 1. The summed E-state index contributed by atoms with van der Waals surface area (Å²) in [7, 11) is 0. The number of carbonyl (C=O) groups is 1. The molecule has 0 unspecified atom stereocenters. The van der Waals surface area contributed by atoms with Gasteiger partial charge in [-0.05, 0) is 43.2 Å². The van der Waals surface area contributed by atoms with E-state index in [1.807, 2.05) is 4.90 Å². The van der Waals surface area contributed by atoms with Crippen LogP contribution in [0.3, 0.4) is 0 Å². The first-order valence-corrected chi connectivity index (χ1v) is 12.0. The number of benzene rings is 1. The van der Waals surface area contributed by atoms with Gasteiger partial charge in [0.1, 0.15) is 18.2 Å². The molecule has 2 saturated heterocycles. The molecular formula is C25H29F3N6O2. The zero-order valence-corrected chi connectivity index (χ0v) is 19.9. The van der Waals surface area contributed by atoms with Crippen molar-refractivity contribution in [2.24, 2.45) is 5.92 Å². The van der Waals surface area contributed by atoms with Crippen molar-refractivity contribution < 1.29 is 22.7 Å². The molecule has 0 atom stereocenters. The van der Waals surface area contributed by atoms with Gasteiger partial charge in [-0.25, -0.2) is 4.98 Å². The highest BCUT2D eigenvalue weighted by Gasteiger charge is 2.35. The molecule has 1 amide bonds. The number of nitriles is 1. The maximum atomic E-state index is 13.3. The summed E-state index contributed by atoms with van der Waals surface area (Å²) in [5, 5.41) is 15.1. The first kappa shape index (κ1) is 25.7. The summed E-state index contributed by atoms with van der Waals surface area (Å²) in [6.45, 7) is 6.28. The lowest BCUT2D eigenvalue weighted by Gasteiger charge is -2.33. The van der Waals surface area contributed by atoms with Crippen LogP contribution in [0.25, 0.3) is 0 Å². The van der Waals surface area contributed by atoms with E-state index in [2.05, 4.69) is 20.5 Å². The van der Waals surface area contributed by atoms with Gasteiger partial charge in [-0.15, -0.1) is 0 Å². The molecule has 0 aliphatic carbocycles. The molecule has 8 nitrogen and oxygen atoms in total. The molecule has 36 heavy (non-hydrogen) atoms. The van der Waals surface area contributed by atoms with E-state index in [1.54, 1.807) is 24.4 Å². The first-order chi connectivity index (χ1) is 17.3. The quantitative estimate of drug-likeness (QED) is 0.601. The van der Waals surface area contributed by atoms with Gasteiger partial charge in [-0.1, -0.05) is 0 Å². The Labute approximate surface area is 208 Å². The Morgan fingerprint density at radius 3 is 2.56 bits per heavy atom. The Morgan fingerprint density at radius 2 is 1.92 bits per heavy atom. The van der Waals surface area contributed by atoms with Crippen molar-refractivity contribution in [2.45, 2.75) is 19.0 Å². The molecule has 11 heteroatoms. The molecule has 1 aromatic heterocycles. The molecule has 192 valence electrons. The second-order valence-electron chi connectivity index (χ2n) is 8.91. The van der Waals surface area contributed by atoms with Crippen molar-refractivity contribution in [3.8, 4) is 11.8 Å². The standard InChI is InChI=1S/C25H29F3N6O2/c26-25(27,28)22-15-20(2-1-19(22)16-29)34-9-5-18(6-10-34)24(35)32-23-4-3-21(17-31-23)36-14-13-33-11-7-30-8-12-33/h1-4,15,17-18,30H,5-14H2,(H,31,32,35). The van der Waals surface area contributed by atoms with Gasteiger partial charge in [0, 0.05) is 57.4 Å². The Balaban J connectivity index is 1.24. The summed E-state index contributed by atoms with van der Waals surface area (Å²) in [6.07, 6.45) is -2.02. The van der Waals surface area contributed by atoms with Gasteiger partial charge >= 0.3 is 6.18 Å². The maximum Gasteiger partial charge on any atom is 0.417 e. The second kappa shape index (κ2) is 11.6. The zero-order chi connectivity index (χ0) is 25.5. The van der Waals surface area contributed by atoms with Gasteiger partial charge in [0.2, 0.25) is 5.91 Å². The summed E-state index contributed by atoms with van der Waals surface area (Å²) < 4.78 is 45.6. The molecule has 2 fully saturated rings. The number of ether oxygens (including phenoxy) is 1. The minimum absolute atomic E-state index is 0.162. The number of amides is 1. The smallest absolute Gasteiger partial charge is 0.417 e. The topological polar surface area (TPSA) is 93.5 Å². The van der Waals surface area contributed by atoms with Crippen LogP contribution in [0.4, 0.5) is 24.7 Å². The van der Waals surface area contributed by atoms with Crippen LogP contribution in [-0.4, -0.2) is 68.2 Å². The zero-order valence-electron chi connectivity index (χ0n) is 19.9. The van der Waals surface area contributed by atoms with Gasteiger partial charge in [0.15, 0.2) is 0 Å². The molecule has 0 bridgehead atoms. The highest BCUT2D eigenvalue weighted by Crippen LogP contribution is 2.35. The van der Waals surface area contributed by atoms with Crippen molar-refractivity contribution in [2.75, 3.05) is 62.6 Å². The normalized spacial score (nSPS) is 17.4. The van der Waals surface area contributed by atoms with Crippen LogP contribution in [-0.2, 0) is 11.0 Å². The number of anilines is 2. The summed E-state index contributed by atoms with van der Waals surface area (Å²) in [5.74, 6) is 0.639. The van der Waals surface area contributed by atoms with Crippen molar-refractivity contribution >= 4 is 17.4 Å². The number of nitrogens with zero attached hydrogens (tertiary/aromatic N) is 4. The number of nitrogens with one attached hydrogen (secondary N) is 2. The Morgan fingerprint density at radius 1 is 1.17 bits per heavy atom. The van der Waals surface area contributed by atoms with Crippen molar-refractivity contribution in [3.63, 3.8) is 0 Å². The van der Waals surface area contributed by atoms with Crippen LogP contribution in [0.2, 0.25) is 0 Å². The average molecular weight is 503 g/mol. The number of alkyl halides is 3. The number of hydrogen-bond acceptors (Lipinski definition) is 7. The predicted octanol–water partition coefficient (Wildman–Crippen LogP) is 3.11. The molecule has 2 aliphatic rings. The molecule has 1 aromatic carbocycles. The molecule has 2 aliphatic heterocycles. The fourth-order valence-electron chi connectivity index (χ4n) is 4.46. The lowest BCUT2D eigenvalue weighted by molar-refractivity contribution is -0.137. The number of pyridine rings is 1. The SMILES string of the molecule is N#Cc1ccc(N2CCC(C(=O)Nc3ccc(OCCN4CCNCC4)cn3)CC2)cc1C(F)(F)F. The third-order valence-corrected chi connectivity index (χ3v) is 6.53. The van der Waals surface area contributed by atoms with E-state index in [4.69, 9.17) is 10.00 Å². The molecular weight excluding hydrogens is 473 g/mol. The number of piperidine rings is 1. The molecule has 3 heterocycles. The Hall–Kier alpha value is -3.36. The van der Waals surface area contributed by atoms with E-state index in [9.17, 15) is 18.0 Å². The average Bonchev–Trinajstić information content (AvgIpc) is 2.89. The minimum Gasteiger partial charge on any atom is -0.491 e. The van der Waals surface area contributed by atoms with Gasteiger partial charge in [0.25, 0.3) is 0 Å². The van der Waals surface area contributed by atoms with Crippen LogP contribution in [0, 0.1) is 17.2 Å². The van der Waals surface area contributed by atoms with Crippen molar-refractivity contribution in [1.29, 1.82) is 5.26 Å². The second-order valence-corrected chi connectivity index (χ2v) is 8.91. The number of piperazine rings is 1. The molecule has 2 aromatic rings. The van der Waals surface area contributed by atoms with E-state index < -0.39 is 17.3 Å². The highest BCUT2D eigenvalue weighted by atomic mass is 19.4. The largest absolute Gasteiger partial charge is 0.491 e. The van der Waals surface area contributed by atoms with Crippen LogP contribution >= 0.6 is 0 Å². The molecule has 2 N–H and O–H groups in total. The summed E-state index contributed by atoms with van der Waals surface area (Å²) in [6, 6.07) is 8.79. The fourth-order valence-corrected chi connectivity index (χ4v) is 4.46. The van der Waals surface area contributed by atoms with Crippen LogP contribution in [0.1, 0.15) is 24.0 Å². The highest BCUT2D eigenvalue weighted by molar-refractivity contribution is 5.91. The number of aromatic nitrogens is 1. The molecule has 0 radical (unpaired) electrons. The third kappa shape index (κ3) is 6.65. The van der Waals surface area contributed by atoms with E-state index in [1.165, 1.54) is 12.1 Å². The predicted molar refractivity (Wildman–Crippen MR) is 129 cm³/mol. The first-order valence-electron chi connectivity index (χ1n) is 12.0. The number of hydrogen-bond donors (Lipinski definition) is 2. The molecule has 0 saturated carbocycles. The van der Waals surface area contributed by atoms with Crippen LogP contribution in [0.5, 0.6) is 5.75 Å². The third-order valence-electron chi connectivity index (χ3n) is 6.53. The minimum atomic E-state index is -4.60. The van der Waals surface area contributed by atoms with Crippen LogP contribution in [0.15, 0.2) is 36.5 Å². The molecule has 4 rings (SSSR count). The monoisotopic (exact) mass is 502 g/mol. The van der Waals surface area contributed by atoms with E-state index >= 15 is 0 Å². The summed E-state index contributed by atoms with van der Waals surface area (Å²) in [5.41, 5.74) is -0.942. The Bertz CT molecular complexity index is 1070. The summed E-state index contributed by atoms with van der Waals surface area (Å²) >= 11 is 0. The molecule has 0 spiro atoms. The Kier molecular flexibility index (Phi) is 8.28. The van der Waals surface area contributed by atoms with E-state index in [0.717, 1.165) is 38.8 Å². The van der Waals surface area contributed by atoms with Gasteiger partial charge in [-0.2, -0.15) is 18.4 Å². The van der Waals surface area contributed by atoms with Crippen molar-refractivity contribution in [1.82, 2.24) is 15.2 Å². The number of rotatable bonds is 7. The van der Waals surface area contributed by atoms with Gasteiger partial charge in [-0.3, -0.25) is 9.69 Å². The number of halogens is 3. The van der Waals surface area contributed by atoms with Crippen LogP contribution < -0.4 is 20.3 Å². The fraction of sp³-hybridized carbons (Fsp3) is 0.480. The lowest BCUT2D eigenvalue weighted by Crippen LogP contribution is -2.44. The lowest BCUT2D eigenvalue weighted by atomic mass is 9.95. The van der Waals surface area contributed by atoms with Crippen molar-refractivity contribution in [3.05, 3.63) is 47.7 Å². The maximum absolute atomic E-state index is 13.3. The van der Waals surface area contributed by atoms with E-state index in [0.29, 0.717) is 49.8 Å². The van der Waals surface area contributed by atoms with Gasteiger partial charge < -0.3 is 20.3 Å². The van der Waals surface area contributed by atoms with E-state index in [-0.39, 0.29) is 11.8 Å².